The molecule has 1 aromatic heterocycles. The van der Waals surface area contributed by atoms with Gasteiger partial charge < -0.3 is 4.74 Å². The van der Waals surface area contributed by atoms with Crippen LogP contribution in [0, 0.1) is 12.3 Å². The van der Waals surface area contributed by atoms with Crippen molar-refractivity contribution in [2.75, 3.05) is 32.1 Å². The van der Waals surface area contributed by atoms with E-state index in [1.165, 1.54) is 4.31 Å². The number of sulfonamides is 1. The second-order valence-corrected chi connectivity index (χ2v) is 8.31. The van der Waals surface area contributed by atoms with Gasteiger partial charge in [0.15, 0.2) is 5.82 Å². The van der Waals surface area contributed by atoms with Gasteiger partial charge in [-0.1, -0.05) is 30.3 Å². The standard InChI is InChI=1S/C19H22N4O3S/c1-2-3-7-17(15-27(24,25)23-10-12-26-13-11-23)19-21-18(14-20-22-19)16-8-5-4-6-9-16/h1,4-6,8-9,14,17H,3,7,10-13,15H2. The Morgan fingerprint density at radius 3 is 2.67 bits per heavy atom. The molecule has 1 aliphatic rings. The molecule has 0 radical (unpaired) electrons. The maximum absolute atomic E-state index is 12.8. The van der Waals surface area contributed by atoms with E-state index >= 15 is 0 Å². The minimum atomic E-state index is -3.46. The molecule has 0 spiro atoms. The molecule has 1 saturated heterocycles. The molecule has 0 aliphatic carbocycles. The van der Waals surface area contributed by atoms with Crippen LogP contribution in [-0.4, -0.2) is 60.0 Å². The SMILES string of the molecule is C#CCCC(CS(=O)(=O)N1CCOCC1)c1nncc(-c2ccccc2)n1. The molecule has 8 heteroatoms. The Kier molecular flexibility index (Phi) is 6.50. The number of morpholine rings is 1. The van der Waals surface area contributed by atoms with E-state index in [9.17, 15) is 8.42 Å². The normalized spacial score (nSPS) is 16.6. The number of benzene rings is 1. The molecule has 0 N–H and O–H groups in total. The Morgan fingerprint density at radius 2 is 1.96 bits per heavy atom. The molecule has 3 rings (SSSR count). The minimum Gasteiger partial charge on any atom is -0.379 e. The summed E-state index contributed by atoms with van der Waals surface area (Å²) < 4.78 is 32.4. The zero-order chi connectivity index (χ0) is 19.1. The maximum Gasteiger partial charge on any atom is 0.214 e. The lowest BCUT2D eigenvalue weighted by Gasteiger charge is -2.27. The molecule has 1 fully saturated rings. The van der Waals surface area contributed by atoms with E-state index in [2.05, 4.69) is 21.1 Å². The first-order valence-electron chi connectivity index (χ1n) is 8.84. The molecule has 7 nitrogen and oxygen atoms in total. The fourth-order valence-corrected chi connectivity index (χ4v) is 4.71. The van der Waals surface area contributed by atoms with Gasteiger partial charge in [-0.15, -0.1) is 17.4 Å². The number of rotatable bonds is 7. The Bertz CT molecular complexity index is 891. The van der Waals surface area contributed by atoms with Crippen molar-refractivity contribution in [1.82, 2.24) is 19.5 Å². The number of aromatic nitrogens is 3. The number of hydrogen-bond donors (Lipinski definition) is 0. The fraction of sp³-hybridized carbons (Fsp3) is 0.421. The summed E-state index contributed by atoms with van der Waals surface area (Å²) in [5, 5.41) is 8.15. The Labute approximate surface area is 159 Å². The monoisotopic (exact) mass is 386 g/mol. The first kappa shape index (κ1) is 19.4. The van der Waals surface area contributed by atoms with E-state index < -0.39 is 15.9 Å². The van der Waals surface area contributed by atoms with Gasteiger partial charge in [-0.25, -0.2) is 13.4 Å². The van der Waals surface area contributed by atoms with Crippen LogP contribution in [0.3, 0.4) is 0 Å². The number of hydrogen-bond acceptors (Lipinski definition) is 6. The lowest BCUT2D eigenvalue weighted by Crippen LogP contribution is -2.42. The highest BCUT2D eigenvalue weighted by Gasteiger charge is 2.30. The lowest BCUT2D eigenvalue weighted by atomic mass is 10.0. The highest BCUT2D eigenvalue weighted by molar-refractivity contribution is 7.89. The van der Waals surface area contributed by atoms with Crippen LogP contribution >= 0.6 is 0 Å². The zero-order valence-corrected chi connectivity index (χ0v) is 15.8. The maximum atomic E-state index is 12.8. The van der Waals surface area contributed by atoms with Crippen molar-refractivity contribution in [1.29, 1.82) is 0 Å². The largest absolute Gasteiger partial charge is 0.379 e. The Balaban J connectivity index is 1.85. The summed E-state index contributed by atoms with van der Waals surface area (Å²) in [7, 11) is -3.46. The minimum absolute atomic E-state index is 0.0887. The van der Waals surface area contributed by atoms with Crippen molar-refractivity contribution >= 4 is 10.0 Å². The number of terminal acetylenes is 1. The average Bonchev–Trinajstić information content (AvgIpc) is 2.72. The molecule has 0 bridgehead atoms. The number of nitrogens with zero attached hydrogens (tertiary/aromatic N) is 4. The van der Waals surface area contributed by atoms with Crippen molar-refractivity contribution in [3.8, 4) is 23.6 Å². The predicted octanol–water partition coefficient (Wildman–Crippen LogP) is 1.70. The summed E-state index contributed by atoms with van der Waals surface area (Å²) in [6.07, 6.45) is 7.91. The Hall–Kier alpha value is -2.34. The van der Waals surface area contributed by atoms with Gasteiger partial charge >= 0.3 is 0 Å². The van der Waals surface area contributed by atoms with Crippen molar-refractivity contribution in [3.05, 3.63) is 42.4 Å². The third-order valence-corrected chi connectivity index (χ3v) is 6.40. The van der Waals surface area contributed by atoms with Crippen LogP contribution < -0.4 is 0 Å². The Morgan fingerprint density at radius 1 is 1.22 bits per heavy atom. The molecule has 0 amide bonds. The van der Waals surface area contributed by atoms with Crippen LogP contribution in [0.1, 0.15) is 24.6 Å². The summed E-state index contributed by atoms with van der Waals surface area (Å²) in [5.41, 5.74) is 1.57. The second-order valence-electron chi connectivity index (χ2n) is 6.30. The smallest absolute Gasteiger partial charge is 0.214 e. The molecule has 1 aliphatic heterocycles. The molecule has 142 valence electrons. The highest BCUT2D eigenvalue weighted by atomic mass is 32.2. The van der Waals surface area contributed by atoms with Gasteiger partial charge in [-0.05, 0) is 6.42 Å². The van der Waals surface area contributed by atoms with Crippen molar-refractivity contribution in [2.45, 2.75) is 18.8 Å². The third kappa shape index (κ3) is 5.10. The molecular formula is C19H22N4O3S. The van der Waals surface area contributed by atoms with Crippen molar-refractivity contribution in [3.63, 3.8) is 0 Å². The van der Waals surface area contributed by atoms with E-state index in [1.54, 1.807) is 6.20 Å². The van der Waals surface area contributed by atoms with Gasteiger partial charge in [0.25, 0.3) is 0 Å². The summed E-state index contributed by atoms with van der Waals surface area (Å²) in [6.45, 7) is 1.56. The van der Waals surface area contributed by atoms with Crippen LogP contribution in [0.5, 0.6) is 0 Å². The number of ether oxygens (including phenoxy) is 1. The topological polar surface area (TPSA) is 85.3 Å². The summed E-state index contributed by atoms with van der Waals surface area (Å²) >= 11 is 0. The van der Waals surface area contributed by atoms with Crippen LogP contribution in [0.25, 0.3) is 11.3 Å². The van der Waals surface area contributed by atoms with E-state index in [4.69, 9.17) is 11.2 Å². The molecule has 2 aromatic rings. The van der Waals surface area contributed by atoms with E-state index in [0.29, 0.717) is 50.7 Å². The van der Waals surface area contributed by atoms with Crippen molar-refractivity contribution < 1.29 is 13.2 Å². The van der Waals surface area contributed by atoms with E-state index in [-0.39, 0.29) is 5.75 Å². The van der Waals surface area contributed by atoms with Crippen LogP contribution in [-0.2, 0) is 14.8 Å². The molecular weight excluding hydrogens is 364 g/mol. The van der Waals surface area contributed by atoms with E-state index in [0.717, 1.165) is 5.56 Å². The quantitative estimate of drug-likeness (QED) is 0.674. The van der Waals surface area contributed by atoms with Crippen LogP contribution in [0.15, 0.2) is 36.5 Å². The van der Waals surface area contributed by atoms with E-state index in [1.807, 2.05) is 30.3 Å². The molecule has 2 heterocycles. The molecule has 1 aromatic carbocycles. The van der Waals surface area contributed by atoms with Crippen molar-refractivity contribution in [2.24, 2.45) is 0 Å². The molecule has 1 unspecified atom stereocenters. The third-order valence-electron chi connectivity index (χ3n) is 4.42. The summed E-state index contributed by atoms with van der Waals surface area (Å²) in [5.74, 6) is 2.48. The van der Waals surface area contributed by atoms with Crippen LogP contribution in [0.4, 0.5) is 0 Å². The van der Waals surface area contributed by atoms with Gasteiger partial charge in [-0.2, -0.15) is 9.40 Å². The molecule has 0 saturated carbocycles. The first-order valence-corrected chi connectivity index (χ1v) is 10.4. The fourth-order valence-electron chi connectivity index (χ4n) is 2.97. The zero-order valence-electron chi connectivity index (χ0n) is 15.0. The van der Waals surface area contributed by atoms with Crippen LogP contribution in [0.2, 0.25) is 0 Å². The van der Waals surface area contributed by atoms with Gasteiger partial charge in [0.05, 0.1) is 30.9 Å². The average molecular weight is 386 g/mol. The molecule has 1 atom stereocenters. The van der Waals surface area contributed by atoms with Gasteiger partial charge in [0.2, 0.25) is 10.0 Å². The lowest BCUT2D eigenvalue weighted by molar-refractivity contribution is 0.0729. The van der Waals surface area contributed by atoms with Gasteiger partial charge in [0.1, 0.15) is 0 Å². The highest BCUT2D eigenvalue weighted by Crippen LogP contribution is 2.24. The van der Waals surface area contributed by atoms with Gasteiger partial charge in [-0.3, -0.25) is 0 Å². The predicted molar refractivity (Wildman–Crippen MR) is 102 cm³/mol. The summed E-state index contributed by atoms with van der Waals surface area (Å²) in [4.78, 5) is 4.58. The molecule has 27 heavy (non-hydrogen) atoms. The van der Waals surface area contributed by atoms with Gasteiger partial charge in [0, 0.05) is 31.0 Å². The second kappa shape index (κ2) is 9.04. The summed E-state index contributed by atoms with van der Waals surface area (Å²) in [6, 6.07) is 9.60. The first-order chi connectivity index (χ1) is 13.1.